The highest BCUT2D eigenvalue weighted by Crippen LogP contribution is 2.36. The lowest BCUT2D eigenvalue weighted by atomic mass is 10.0. The van der Waals surface area contributed by atoms with Gasteiger partial charge in [-0.05, 0) is 12.1 Å². The van der Waals surface area contributed by atoms with Gasteiger partial charge in [-0.1, -0.05) is 0 Å². The van der Waals surface area contributed by atoms with E-state index in [1.807, 2.05) is 0 Å². The summed E-state index contributed by atoms with van der Waals surface area (Å²) in [4.78, 5) is 31.6. The van der Waals surface area contributed by atoms with Crippen molar-refractivity contribution in [1.29, 1.82) is 5.26 Å². The molecule has 1 aliphatic rings. The van der Waals surface area contributed by atoms with Gasteiger partial charge in [0.25, 0.3) is 21.9 Å². The van der Waals surface area contributed by atoms with Gasteiger partial charge in [-0.15, -0.1) is 0 Å². The Kier molecular flexibility index (Phi) is 7.02. The summed E-state index contributed by atoms with van der Waals surface area (Å²) in [7, 11) is -4.62. The van der Waals surface area contributed by atoms with Crippen LogP contribution in [-0.4, -0.2) is 54.5 Å². The summed E-state index contributed by atoms with van der Waals surface area (Å²) in [5.41, 5.74) is -3.42. The first-order valence-electron chi connectivity index (χ1n) is 9.81. The fourth-order valence-electron chi connectivity index (χ4n) is 3.26. The van der Waals surface area contributed by atoms with Crippen LogP contribution in [0.5, 0.6) is 0 Å². The van der Waals surface area contributed by atoms with Crippen LogP contribution in [0.25, 0.3) is 0 Å². The van der Waals surface area contributed by atoms with Crippen molar-refractivity contribution in [2.45, 2.75) is 30.0 Å². The van der Waals surface area contributed by atoms with E-state index in [9.17, 15) is 45.2 Å². The summed E-state index contributed by atoms with van der Waals surface area (Å²) in [6, 6.07) is 3.78. The number of aromatic nitrogens is 2. The molecule has 17 heteroatoms. The number of carbonyl (C=O) groups is 2. The number of nitrogens with zero attached hydrogens (tertiary/aromatic N) is 4. The van der Waals surface area contributed by atoms with Crippen molar-refractivity contribution >= 4 is 33.5 Å². The number of alkyl halides is 5. The van der Waals surface area contributed by atoms with Gasteiger partial charge < -0.3 is 15.3 Å². The Labute approximate surface area is 199 Å². The average Bonchev–Trinajstić information content (AvgIpc) is 2.77. The summed E-state index contributed by atoms with van der Waals surface area (Å²) >= 11 is 0. The van der Waals surface area contributed by atoms with E-state index in [0.717, 1.165) is 23.2 Å². The predicted molar refractivity (Wildman–Crippen MR) is 111 cm³/mol. The number of piperidine rings is 1. The Balaban J connectivity index is 2.03. The van der Waals surface area contributed by atoms with Crippen LogP contribution in [0.15, 0.2) is 29.4 Å². The first kappa shape index (κ1) is 26.5. The molecule has 0 spiro atoms. The summed E-state index contributed by atoms with van der Waals surface area (Å²) < 4.78 is 92.8. The van der Waals surface area contributed by atoms with E-state index in [4.69, 9.17) is 5.11 Å². The van der Waals surface area contributed by atoms with E-state index in [-0.39, 0.29) is 5.69 Å². The minimum Gasteiger partial charge on any atom is -0.464 e. The maximum Gasteiger partial charge on any atom is 0.434 e. The number of carbonyl (C=O) groups excluding carboxylic acids is 1. The molecule has 1 saturated heterocycles. The van der Waals surface area contributed by atoms with Crippen molar-refractivity contribution in [3.05, 3.63) is 41.2 Å². The van der Waals surface area contributed by atoms with Crippen molar-refractivity contribution in [1.82, 2.24) is 14.7 Å². The van der Waals surface area contributed by atoms with Gasteiger partial charge >= 0.3 is 12.3 Å². The molecule has 0 saturated carbocycles. The molecule has 0 atom stereocenters. The molecule has 2 amide bonds. The molecule has 192 valence electrons. The first-order valence-corrected chi connectivity index (χ1v) is 11.3. The summed E-state index contributed by atoms with van der Waals surface area (Å²) in [6.45, 7) is -0.857. The zero-order valence-electron chi connectivity index (χ0n) is 17.8. The Hall–Kier alpha value is -4.07. The SMILES string of the molecule is N#Cc1cc(C(=O)Nc2ccnc(S(=O)(=O)NC(=O)O)c2)c(N2CCC(F)(F)CC2)nc1C(F)(F)F. The maximum absolute atomic E-state index is 13.6. The van der Waals surface area contributed by atoms with Gasteiger partial charge in [-0.25, -0.2) is 28.3 Å². The van der Waals surface area contributed by atoms with Gasteiger partial charge in [0.05, 0.1) is 11.1 Å². The summed E-state index contributed by atoms with van der Waals surface area (Å²) in [5, 5.41) is 19.2. The molecule has 2 aromatic heterocycles. The van der Waals surface area contributed by atoms with Crippen LogP contribution < -0.4 is 14.9 Å². The highest BCUT2D eigenvalue weighted by atomic mass is 32.2. The van der Waals surface area contributed by atoms with Crippen molar-refractivity contribution in [3.8, 4) is 6.07 Å². The number of hydrogen-bond acceptors (Lipinski definition) is 8. The maximum atomic E-state index is 13.6. The van der Waals surface area contributed by atoms with Crippen LogP contribution in [0, 0.1) is 11.3 Å². The largest absolute Gasteiger partial charge is 0.464 e. The molecule has 0 radical (unpaired) electrons. The molecule has 1 aliphatic heterocycles. The average molecular weight is 534 g/mol. The Morgan fingerprint density at radius 2 is 1.83 bits per heavy atom. The fourth-order valence-corrected chi connectivity index (χ4v) is 4.07. The van der Waals surface area contributed by atoms with Crippen molar-refractivity contribution in [2.75, 3.05) is 23.3 Å². The number of rotatable bonds is 5. The van der Waals surface area contributed by atoms with E-state index in [1.165, 1.54) is 10.8 Å². The molecule has 3 rings (SSSR count). The summed E-state index contributed by atoms with van der Waals surface area (Å²) in [6.07, 6.45) is -7.49. The molecule has 36 heavy (non-hydrogen) atoms. The van der Waals surface area contributed by atoms with Gasteiger partial charge in [0.1, 0.15) is 11.9 Å². The minimum atomic E-state index is -5.08. The molecular weight excluding hydrogens is 519 g/mol. The minimum absolute atomic E-state index is 0.254. The number of halogens is 5. The van der Waals surface area contributed by atoms with Crippen LogP contribution >= 0.6 is 0 Å². The van der Waals surface area contributed by atoms with Gasteiger partial charge in [0.15, 0.2) is 10.7 Å². The van der Waals surface area contributed by atoms with Gasteiger partial charge in [-0.2, -0.15) is 26.9 Å². The number of carboxylic acid groups (broad SMARTS) is 1. The first-order chi connectivity index (χ1) is 16.6. The molecule has 3 N–H and O–H groups in total. The van der Waals surface area contributed by atoms with Crippen LogP contribution in [0.3, 0.4) is 0 Å². The zero-order valence-corrected chi connectivity index (χ0v) is 18.6. The normalized spacial score (nSPS) is 15.6. The van der Waals surface area contributed by atoms with E-state index in [0.29, 0.717) is 6.07 Å². The van der Waals surface area contributed by atoms with Crippen molar-refractivity contribution < 1.29 is 45.1 Å². The Morgan fingerprint density at radius 3 is 2.39 bits per heavy atom. The highest BCUT2D eigenvalue weighted by molar-refractivity contribution is 7.90. The standard InChI is InChI=1S/C19H15F5N6O5S/c20-18(21)2-5-30(6-3-18)15-12(7-10(9-25)14(28-15)19(22,23)24)16(31)27-11-1-4-26-13(8-11)36(34,35)29-17(32)33/h1,4,7-8,29H,2-3,5-6H2,(H,32,33)(H,26,27,31). The lowest BCUT2D eigenvalue weighted by Gasteiger charge is -2.33. The van der Waals surface area contributed by atoms with Gasteiger partial charge in [0.2, 0.25) is 0 Å². The second-order valence-corrected chi connectivity index (χ2v) is 9.09. The molecule has 2 aromatic rings. The van der Waals surface area contributed by atoms with Crippen LogP contribution in [-0.2, 0) is 16.2 Å². The van der Waals surface area contributed by atoms with E-state index >= 15 is 0 Å². The molecule has 3 heterocycles. The number of nitrogens with one attached hydrogen (secondary N) is 2. The third-order valence-electron chi connectivity index (χ3n) is 4.92. The summed E-state index contributed by atoms with van der Waals surface area (Å²) in [5.74, 6) is -4.79. The highest BCUT2D eigenvalue weighted by Gasteiger charge is 2.40. The number of anilines is 2. The predicted octanol–water partition coefficient (Wildman–Crippen LogP) is 2.81. The van der Waals surface area contributed by atoms with E-state index in [2.05, 4.69) is 15.3 Å². The smallest absolute Gasteiger partial charge is 0.434 e. The second kappa shape index (κ2) is 9.53. The monoisotopic (exact) mass is 534 g/mol. The van der Waals surface area contributed by atoms with E-state index in [1.54, 1.807) is 0 Å². The lowest BCUT2D eigenvalue weighted by molar-refractivity contribution is -0.141. The molecule has 1 fully saturated rings. The van der Waals surface area contributed by atoms with Crippen LogP contribution in [0.1, 0.15) is 34.5 Å². The fraction of sp³-hybridized carbons (Fsp3) is 0.316. The zero-order chi connectivity index (χ0) is 26.9. The number of hydrogen-bond donors (Lipinski definition) is 3. The number of pyridine rings is 2. The topological polar surface area (TPSA) is 165 Å². The number of sulfonamides is 1. The second-order valence-electron chi connectivity index (χ2n) is 7.46. The quantitative estimate of drug-likeness (QED) is 0.489. The van der Waals surface area contributed by atoms with Crippen molar-refractivity contribution in [3.63, 3.8) is 0 Å². The van der Waals surface area contributed by atoms with Crippen LogP contribution in [0.4, 0.5) is 38.3 Å². The lowest BCUT2D eigenvalue weighted by Crippen LogP contribution is -2.41. The Morgan fingerprint density at radius 1 is 1.19 bits per heavy atom. The Bertz CT molecular complexity index is 1350. The van der Waals surface area contributed by atoms with Gasteiger partial charge in [0, 0.05) is 43.9 Å². The van der Waals surface area contributed by atoms with Crippen LogP contribution in [0.2, 0.25) is 0 Å². The van der Waals surface area contributed by atoms with Gasteiger partial charge in [-0.3, -0.25) is 4.79 Å². The van der Waals surface area contributed by atoms with E-state index < -0.39 is 87.7 Å². The molecule has 0 unspecified atom stereocenters. The molecular formula is C19H15F5N6O5S. The molecule has 0 bridgehead atoms. The number of nitriles is 1. The number of amides is 2. The third-order valence-corrected chi connectivity index (χ3v) is 6.14. The third kappa shape index (κ3) is 5.94. The molecule has 11 nitrogen and oxygen atoms in total. The molecule has 0 aromatic carbocycles. The van der Waals surface area contributed by atoms with Crippen molar-refractivity contribution in [2.24, 2.45) is 0 Å². The molecule has 0 aliphatic carbocycles.